The summed E-state index contributed by atoms with van der Waals surface area (Å²) in [6.45, 7) is 13.4. The smallest absolute Gasteiger partial charge is 0.169 e. The first-order chi connectivity index (χ1) is 14.0. The highest BCUT2D eigenvalue weighted by Crippen LogP contribution is 2.30. The lowest BCUT2D eigenvalue weighted by molar-refractivity contribution is 0.135. The predicted molar refractivity (Wildman–Crippen MR) is 113 cm³/mol. The zero-order chi connectivity index (χ0) is 20.4. The van der Waals surface area contributed by atoms with Crippen LogP contribution in [0.15, 0.2) is 41.0 Å². The topological polar surface area (TPSA) is 63.2 Å². The molecule has 1 aromatic carbocycles. The summed E-state index contributed by atoms with van der Waals surface area (Å²) in [5, 5.41) is 12.6. The van der Waals surface area contributed by atoms with Crippen LogP contribution in [0.4, 0.5) is 5.69 Å². The van der Waals surface area contributed by atoms with Crippen molar-refractivity contribution in [2.45, 2.75) is 40.3 Å². The fourth-order valence-corrected chi connectivity index (χ4v) is 4.29. The summed E-state index contributed by atoms with van der Waals surface area (Å²) in [6.07, 6.45) is 1.69. The fraction of sp³-hybridized carbons (Fsp3) is 0.500. The molecular weight excluding hydrogens is 364 g/mol. The third-order valence-corrected chi connectivity index (χ3v) is 5.97. The van der Waals surface area contributed by atoms with Crippen molar-refractivity contribution in [3.8, 4) is 0 Å². The molecule has 3 aromatic rings. The zero-order valence-electron chi connectivity index (χ0n) is 17.7. The fourth-order valence-electron chi connectivity index (χ4n) is 4.29. The number of anilines is 1. The van der Waals surface area contributed by atoms with E-state index in [1.165, 1.54) is 16.8 Å². The first-order valence-corrected chi connectivity index (χ1v) is 10.4. The second kappa shape index (κ2) is 8.37. The largest absolute Gasteiger partial charge is 0.467 e. The van der Waals surface area contributed by atoms with Crippen molar-refractivity contribution in [1.82, 2.24) is 25.1 Å². The summed E-state index contributed by atoms with van der Waals surface area (Å²) in [5.74, 6) is 2.18. The summed E-state index contributed by atoms with van der Waals surface area (Å²) < 4.78 is 7.37. The van der Waals surface area contributed by atoms with Crippen molar-refractivity contribution in [3.63, 3.8) is 0 Å². The van der Waals surface area contributed by atoms with Gasteiger partial charge in [-0.2, -0.15) is 0 Å². The van der Waals surface area contributed by atoms with Crippen LogP contribution in [0.25, 0.3) is 0 Å². The van der Waals surface area contributed by atoms with Crippen LogP contribution in [0.2, 0.25) is 0 Å². The quantitative estimate of drug-likeness (QED) is 0.638. The molecule has 7 heteroatoms. The van der Waals surface area contributed by atoms with Gasteiger partial charge in [0.25, 0.3) is 0 Å². The minimum absolute atomic E-state index is 0.181. The Bertz CT molecular complexity index is 925. The number of hydrogen-bond donors (Lipinski definition) is 0. The number of piperazine rings is 1. The molecular formula is C22H30N6O. The molecule has 0 amide bonds. The van der Waals surface area contributed by atoms with E-state index < -0.39 is 0 Å². The molecule has 4 rings (SSSR count). The molecule has 0 spiro atoms. The minimum Gasteiger partial charge on any atom is -0.467 e. The van der Waals surface area contributed by atoms with Crippen LogP contribution in [0, 0.1) is 19.8 Å². The van der Waals surface area contributed by atoms with Crippen LogP contribution in [0.5, 0.6) is 0 Å². The van der Waals surface area contributed by atoms with E-state index in [-0.39, 0.29) is 6.04 Å². The molecule has 1 aliphatic heterocycles. The van der Waals surface area contributed by atoms with Gasteiger partial charge in [0.2, 0.25) is 0 Å². The maximum absolute atomic E-state index is 5.49. The maximum atomic E-state index is 5.49. The molecule has 0 radical (unpaired) electrons. The van der Waals surface area contributed by atoms with Crippen molar-refractivity contribution in [3.05, 3.63) is 59.3 Å². The molecule has 154 valence electrons. The van der Waals surface area contributed by atoms with Crippen LogP contribution in [0.3, 0.4) is 0 Å². The summed E-state index contributed by atoms with van der Waals surface area (Å²) in [7, 11) is 0. The van der Waals surface area contributed by atoms with E-state index in [4.69, 9.17) is 4.42 Å². The Morgan fingerprint density at radius 2 is 1.83 bits per heavy atom. The standard InChI is InChI=1S/C22H30N6O/c1-16(2)21(22-23-24-25-28(22)15-19-8-6-14-29-19)27-12-10-26(11-13-27)20-9-5-7-17(3)18(20)4/h5-9,14,16,21H,10-13,15H2,1-4H3. The Kier molecular flexibility index (Phi) is 5.67. The van der Waals surface area contributed by atoms with E-state index in [0.29, 0.717) is 12.5 Å². The van der Waals surface area contributed by atoms with Gasteiger partial charge in [-0.15, -0.1) is 5.10 Å². The highest BCUT2D eigenvalue weighted by atomic mass is 16.3. The maximum Gasteiger partial charge on any atom is 0.169 e. The number of furan rings is 1. The minimum atomic E-state index is 0.181. The van der Waals surface area contributed by atoms with Crippen molar-refractivity contribution in [2.75, 3.05) is 31.1 Å². The van der Waals surface area contributed by atoms with Crippen molar-refractivity contribution in [2.24, 2.45) is 5.92 Å². The number of benzene rings is 1. The van der Waals surface area contributed by atoms with E-state index in [1.54, 1.807) is 6.26 Å². The lowest BCUT2D eigenvalue weighted by atomic mass is 10.00. The van der Waals surface area contributed by atoms with E-state index in [9.17, 15) is 0 Å². The number of tetrazole rings is 1. The highest BCUT2D eigenvalue weighted by Gasteiger charge is 2.32. The molecule has 1 saturated heterocycles. The highest BCUT2D eigenvalue weighted by molar-refractivity contribution is 5.56. The Morgan fingerprint density at radius 3 is 2.52 bits per heavy atom. The van der Waals surface area contributed by atoms with E-state index in [1.807, 2.05) is 16.8 Å². The average molecular weight is 395 g/mol. The molecule has 0 N–H and O–H groups in total. The molecule has 1 atom stereocenters. The monoisotopic (exact) mass is 394 g/mol. The van der Waals surface area contributed by atoms with Gasteiger partial charge in [0, 0.05) is 31.9 Å². The lowest BCUT2D eigenvalue weighted by Crippen LogP contribution is -2.49. The average Bonchev–Trinajstić information content (AvgIpc) is 3.38. The van der Waals surface area contributed by atoms with Crippen LogP contribution in [-0.2, 0) is 6.54 Å². The zero-order valence-corrected chi connectivity index (χ0v) is 17.7. The molecule has 1 aliphatic rings. The van der Waals surface area contributed by atoms with Crippen molar-refractivity contribution < 1.29 is 4.42 Å². The van der Waals surface area contributed by atoms with E-state index in [2.05, 4.69) is 71.2 Å². The molecule has 7 nitrogen and oxygen atoms in total. The first kappa shape index (κ1) is 19.6. The molecule has 0 saturated carbocycles. The summed E-state index contributed by atoms with van der Waals surface area (Å²) >= 11 is 0. The van der Waals surface area contributed by atoms with Crippen LogP contribution in [0.1, 0.15) is 42.6 Å². The van der Waals surface area contributed by atoms with Crippen molar-refractivity contribution >= 4 is 5.69 Å². The molecule has 0 aliphatic carbocycles. The van der Waals surface area contributed by atoms with E-state index in [0.717, 1.165) is 37.8 Å². The second-order valence-corrected chi connectivity index (χ2v) is 8.21. The lowest BCUT2D eigenvalue weighted by Gasteiger charge is -2.41. The summed E-state index contributed by atoms with van der Waals surface area (Å²) in [6, 6.07) is 10.6. The number of aryl methyl sites for hydroxylation is 1. The molecule has 0 bridgehead atoms. The second-order valence-electron chi connectivity index (χ2n) is 8.21. The van der Waals surface area contributed by atoms with Gasteiger partial charge in [-0.1, -0.05) is 26.0 Å². The Morgan fingerprint density at radius 1 is 1.03 bits per heavy atom. The molecule has 1 unspecified atom stereocenters. The molecule has 1 fully saturated rings. The molecule has 2 aromatic heterocycles. The Hall–Kier alpha value is -2.67. The van der Waals surface area contributed by atoms with Gasteiger partial charge < -0.3 is 9.32 Å². The third-order valence-electron chi connectivity index (χ3n) is 5.97. The van der Waals surface area contributed by atoms with Crippen LogP contribution < -0.4 is 4.90 Å². The van der Waals surface area contributed by atoms with E-state index >= 15 is 0 Å². The number of nitrogens with zero attached hydrogens (tertiary/aromatic N) is 6. The van der Waals surface area contributed by atoms with Crippen LogP contribution >= 0.6 is 0 Å². The van der Waals surface area contributed by atoms with Gasteiger partial charge in [0.15, 0.2) is 5.82 Å². The first-order valence-electron chi connectivity index (χ1n) is 10.4. The number of rotatable bonds is 6. The van der Waals surface area contributed by atoms with Gasteiger partial charge in [-0.3, -0.25) is 4.90 Å². The summed E-state index contributed by atoms with van der Waals surface area (Å²) in [5.41, 5.74) is 4.08. The molecule has 29 heavy (non-hydrogen) atoms. The van der Waals surface area contributed by atoms with Crippen LogP contribution in [-0.4, -0.2) is 51.3 Å². The van der Waals surface area contributed by atoms with Gasteiger partial charge in [0.1, 0.15) is 12.3 Å². The number of aromatic nitrogens is 4. The van der Waals surface area contributed by atoms with Gasteiger partial charge in [0.05, 0.1) is 12.3 Å². The Labute approximate surface area is 172 Å². The van der Waals surface area contributed by atoms with Crippen molar-refractivity contribution in [1.29, 1.82) is 0 Å². The Balaban J connectivity index is 1.50. The molecule has 3 heterocycles. The van der Waals surface area contributed by atoms with Gasteiger partial charge in [-0.05, 0) is 59.5 Å². The third kappa shape index (κ3) is 4.05. The normalized spacial score (nSPS) is 16.5. The van der Waals surface area contributed by atoms with Gasteiger partial charge >= 0.3 is 0 Å². The SMILES string of the molecule is Cc1cccc(N2CCN(C(c3nnnn3Cc3ccco3)C(C)C)CC2)c1C. The predicted octanol–water partition coefficient (Wildman–Crippen LogP) is 3.45. The summed E-state index contributed by atoms with van der Waals surface area (Å²) in [4.78, 5) is 5.03. The van der Waals surface area contributed by atoms with Gasteiger partial charge in [-0.25, -0.2) is 4.68 Å². The number of hydrogen-bond acceptors (Lipinski definition) is 6.